The normalized spacial score (nSPS) is 18.0. The standard InChI is InChI=1S/C8H8ClN3O/c1-5(10)6(7(9)13)8-11-3-2-4-12-8/h2-4,10-11H,1H3/b8-6-,10-5?. The summed E-state index contributed by atoms with van der Waals surface area (Å²) in [5.74, 6) is 0.315. The first-order valence-electron chi connectivity index (χ1n) is 3.58. The first-order chi connectivity index (χ1) is 6.13. The molecule has 2 N–H and O–H groups in total. The van der Waals surface area contributed by atoms with E-state index in [1.54, 1.807) is 12.3 Å². The van der Waals surface area contributed by atoms with E-state index in [1.165, 1.54) is 13.1 Å². The van der Waals surface area contributed by atoms with Crippen LogP contribution in [0.5, 0.6) is 0 Å². The molecule has 0 aromatic heterocycles. The van der Waals surface area contributed by atoms with Crippen LogP contribution < -0.4 is 5.32 Å². The van der Waals surface area contributed by atoms with Crippen molar-refractivity contribution in [2.45, 2.75) is 6.92 Å². The minimum atomic E-state index is -0.678. The second-order valence-electron chi connectivity index (χ2n) is 2.40. The highest BCUT2D eigenvalue weighted by Crippen LogP contribution is 2.10. The fraction of sp³-hybridized carbons (Fsp3) is 0.125. The van der Waals surface area contributed by atoms with Crippen LogP contribution in [0.4, 0.5) is 0 Å². The molecule has 0 spiro atoms. The fourth-order valence-corrected chi connectivity index (χ4v) is 1.11. The quantitative estimate of drug-likeness (QED) is 0.397. The van der Waals surface area contributed by atoms with Crippen LogP contribution in [0.25, 0.3) is 0 Å². The van der Waals surface area contributed by atoms with Crippen LogP contribution in [-0.2, 0) is 4.79 Å². The molecule has 68 valence electrons. The summed E-state index contributed by atoms with van der Waals surface area (Å²) in [4.78, 5) is 14.8. The number of hydrogen-bond donors (Lipinski definition) is 2. The number of hydrogen-bond acceptors (Lipinski definition) is 4. The van der Waals surface area contributed by atoms with Crippen LogP contribution in [-0.4, -0.2) is 17.2 Å². The first-order valence-corrected chi connectivity index (χ1v) is 3.96. The molecule has 0 aromatic rings. The van der Waals surface area contributed by atoms with Crippen molar-refractivity contribution in [1.82, 2.24) is 5.32 Å². The minimum absolute atomic E-state index is 0.0925. The maximum Gasteiger partial charge on any atom is 0.257 e. The summed E-state index contributed by atoms with van der Waals surface area (Å²) in [6.45, 7) is 1.48. The molecule has 1 rings (SSSR count). The van der Waals surface area contributed by atoms with Crippen LogP contribution in [0, 0.1) is 5.41 Å². The van der Waals surface area contributed by atoms with E-state index in [4.69, 9.17) is 17.0 Å². The van der Waals surface area contributed by atoms with Crippen molar-refractivity contribution in [2.24, 2.45) is 4.99 Å². The van der Waals surface area contributed by atoms with Gasteiger partial charge >= 0.3 is 0 Å². The van der Waals surface area contributed by atoms with E-state index in [-0.39, 0.29) is 11.3 Å². The Bertz CT molecular complexity index is 325. The van der Waals surface area contributed by atoms with Gasteiger partial charge in [-0.1, -0.05) is 0 Å². The lowest BCUT2D eigenvalue weighted by Crippen LogP contribution is -2.16. The van der Waals surface area contributed by atoms with Crippen LogP contribution in [0.3, 0.4) is 0 Å². The number of halogens is 1. The van der Waals surface area contributed by atoms with E-state index >= 15 is 0 Å². The summed E-state index contributed by atoms with van der Waals surface area (Å²) in [5.41, 5.74) is 0.192. The predicted molar refractivity (Wildman–Crippen MR) is 52.1 cm³/mol. The van der Waals surface area contributed by atoms with Gasteiger partial charge in [-0.15, -0.1) is 0 Å². The molecule has 13 heavy (non-hydrogen) atoms. The Morgan fingerprint density at radius 2 is 2.38 bits per heavy atom. The summed E-state index contributed by atoms with van der Waals surface area (Å²) >= 11 is 5.30. The third kappa shape index (κ3) is 2.26. The molecule has 0 amide bonds. The molecule has 0 saturated heterocycles. The summed E-state index contributed by atoms with van der Waals surface area (Å²) < 4.78 is 0. The smallest absolute Gasteiger partial charge is 0.257 e. The number of carbonyl (C=O) groups is 1. The third-order valence-electron chi connectivity index (χ3n) is 1.41. The zero-order chi connectivity index (χ0) is 9.84. The average molecular weight is 198 g/mol. The van der Waals surface area contributed by atoms with E-state index < -0.39 is 5.24 Å². The number of rotatable bonds is 2. The lowest BCUT2D eigenvalue weighted by molar-refractivity contribution is -0.108. The zero-order valence-corrected chi connectivity index (χ0v) is 7.72. The molecule has 0 unspecified atom stereocenters. The highest BCUT2D eigenvalue weighted by atomic mass is 35.5. The molecule has 1 aliphatic heterocycles. The Balaban J connectivity index is 3.10. The molecule has 4 nitrogen and oxygen atoms in total. The highest BCUT2D eigenvalue weighted by molar-refractivity contribution is 6.70. The van der Waals surface area contributed by atoms with Gasteiger partial charge in [0, 0.05) is 18.1 Å². The molecule has 1 aliphatic rings. The molecular formula is C8H8ClN3O. The van der Waals surface area contributed by atoms with Crippen molar-refractivity contribution in [3.05, 3.63) is 23.7 Å². The second-order valence-corrected chi connectivity index (χ2v) is 2.75. The van der Waals surface area contributed by atoms with Gasteiger partial charge in [-0.3, -0.25) is 4.79 Å². The van der Waals surface area contributed by atoms with Crippen LogP contribution in [0.1, 0.15) is 6.92 Å². The van der Waals surface area contributed by atoms with E-state index in [1.807, 2.05) is 0 Å². The molecule has 0 aromatic carbocycles. The Hall–Kier alpha value is -1.42. The van der Waals surface area contributed by atoms with Gasteiger partial charge in [0.2, 0.25) is 0 Å². The molecule has 0 fully saturated rings. The molecule has 5 heteroatoms. The van der Waals surface area contributed by atoms with E-state index in [2.05, 4.69) is 10.3 Å². The third-order valence-corrected chi connectivity index (χ3v) is 1.60. The summed E-state index contributed by atoms with van der Waals surface area (Å²) in [5, 5.41) is 9.38. The second kappa shape index (κ2) is 4.00. The monoisotopic (exact) mass is 197 g/mol. The van der Waals surface area contributed by atoms with Crippen molar-refractivity contribution in [3.63, 3.8) is 0 Å². The van der Waals surface area contributed by atoms with Crippen molar-refractivity contribution in [2.75, 3.05) is 0 Å². The number of nitrogens with zero attached hydrogens (tertiary/aromatic N) is 1. The SMILES string of the molecule is CC(=N)/C(C(=O)Cl)=C1/N=CC=CN1. The fourth-order valence-electron chi connectivity index (χ4n) is 0.880. The Kier molecular flexibility index (Phi) is 2.97. The van der Waals surface area contributed by atoms with Gasteiger partial charge in [-0.05, 0) is 24.6 Å². The maximum atomic E-state index is 10.9. The van der Waals surface area contributed by atoms with Crippen molar-refractivity contribution in [1.29, 1.82) is 5.41 Å². The van der Waals surface area contributed by atoms with Gasteiger partial charge in [0.05, 0.1) is 5.57 Å². The van der Waals surface area contributed by atoms with E-state index in [0.717, 1.165) is 0 Å². The lowest BCUT2D eigenvalue weighted by Gasteiger charge is -2.08. The van der Waals surface area contributed by atoms with Gasteiger partial charge in [0.1, 0.15) is 5.82 Å². The Labute approximate surface area is 80.5 Å². The minimum Gasteiger partial charge on any atom is -0.346 e. The number of carbonyl (C=O) groups excluding carboxylic acids is 1. The summed E-state index contributed by atoms with van der Waals surface area (Å²) in [6, 6.07) is 0. The first kappa shape index (κ1) is 9.67. The lowest BCUT2D eigenvalue weighted by atomic mass is 10.2. The highest BCUT2D eigenvalue weighted by Gasteiger charge is 2.15. The van der Waals surface area contributed by atoms with Crippen molar-refractivity contribution in [3.8, 4) is 0 Å². The largest absolute Gasteiger partial charge is 0.346 e. The summed E-state index contributed by atoms with van der Waals surface area (Å²) in [6.07, 6.45) is 4.82. The topological polar surface area (TPSA) is 65.3 Å². The molecule has 0 atom stereocenters. The van der Waals surface area contributed by atoms with Gasteiger partial charge in [0.15, 0.2) is 0 Å². The predicted octanol–water partition coefficient (Wildman–Crippen LogP) is 1.19. The van der Waals surface area contributed by atoms with Gasteiger partial charge in [-0.25, -0.2) is 4.99 Å². The van der Waals surface area contributed by atoms with Crippen LogP contribution in [0.15, 0.2) is 28.7 Å². The molecular weight excluding hydrogens is 190 g/mol. The Morgan fingerprint density at radius 3 is 2.77 bits per heavy atom. The summed E-state index contributed by atoms with van der Waals surface area (Å²) in [7, 11) is 0. The number of allylic oxidation sites excluding steroid dienone is 2. The van der Waals surface area contributed by atoms with Gasteiger partial charge < -0.3 is 10.7 Å². The zero-order valence-electron chi connectivity index (χ0n) is 6.97. The number of nitrogens with one attached hydrogen (secondary N) is 2. The molecule has 0 radical (unpaired) electrons. The van der Waals surface area contributed by atoms with E-state index in [9.17, 15) is 4.79 Å². The molecule has 0 saturated carbocycles. The molecule has 0 bridgehead atoms. The molecule has 0 aliphatic carbocycles. The Morgan fingerprint density at radius 1 is 1.69 bits per heavy atom. The van der Waals surface area contributed by atoms with Gasteiger partial charge in [0.25, 0.3) is 5.24 Å². The van der Waals surface area contributed by atoms with Crippen molar-refractivity contribution < 1.29 is 4.79 Å². The van der Waals surface area contributed by atoms with Crippen LogP contribution >= 0.6 is 11.6 Å². The number of aliphatic imine (C=N–C) groups is 1. The van der Waals surface area contributed by atoms with E-state index in [0.29, 0.717) is 5.82 Å². The average Bonchev–Trinajstić information content (AvgIpc) is 2.04. The van der Waals surface area contributed by atoms with Crippen molar-refractivity contribution >= 4 is 28.8 Å². The van der Waals surface area contributed by atoms with Crippen LogP contribution in [0.2, 0.25) is 0 Å². The molecule has 1 heterocycles. The van der Waals surface area contributed by atoms with Gasteiger partial charge in [-0.2, -0.15) is 0 Å². The maximum absolute atomic E-state index is 10.9.